The van der Waals surface area contributed by atoms with Crippen LogP contribution < -0.4 is 10.9 Å². The number of carbonyl (C=O) groups excluding carboxylic acids is 1. The summed E-state index contributed by atoms with van der Waals surface area (Å²) >= 11 is 0. The Balaban J connectivity index is 1.98. The number of nitrogens with zero attached hydrogens (tertiary/aromatic N) is 4. The molecule has 0 radical (unpaired) electrons. The summed E-state index contributed by atoms with van der Waals surface area (Å²) in [6.45, 7) is 5.66. The standard InChI is InChI=1S/C22H23N5O2/c1-14(2)27(22(29)24-17-9-7-8-16(12-17)13-23)15(3)20-25-19-11-6-5-10-18(19)21(28)26(20)4/h5-12,14-15H,1-4H3,(H,24,29). The van der Waals surface area contributed by atoms with Gasteiger partial charge in [0, 0.05) is 18.8 Å². The van der Waals surface area contributed by atoms with Gasteiger partial charge in [-0.05, 0) is 51.1 Å². The van der Waals surface area contributed by atoms with Gasteiger partial charge >= 0.3 is 6.03 Å². The fourth-order valence-electron chi connectivity index (χ4n) is 3.45. The maximum absolute atomic E-state index is 13.0. The number of hydrogen-bond donors (Lipinski definition) is 1. The molecule has 0 fully saturated rings. The molecule has 2 aromatic carbocycles. The second-order valence-electron chi connectivity index (χ2n) is 7.15. The summed E-state index contributed by atoms with van der Waals surface area (Å²) in [5.74, 6) is 0.503. The molecule has 0 saturated heterocycles. The van der Waals surface area contributed by atoms with Crippen LogP contribution in [-0.2, 0) is 7.05 Å². The molecule has 0 saturated carbocycles. The fraction of sp³-hybridized carbons (Fsp3) is 0.273. The third-order valence-corrected chi connectivity index (χ3v) is 4.84. The van der Waals surface area contributed by atoms with Crippen LogP contribution in [0.15, 0.2) is 53.3 Å². The van der Waals surface area contributed by atoms with E-state index in [1.54, 1.807) is 54.4 Å². The van der Waals surface area contributed by atoms with Gasteiger partial charge in [-0.15, -0.1) is 0 Å². The predicted octanol–water partition coefficient (Wildman–Crippen LogP) is 3.81. The molecular weight excluding hydrogens is 366 g/mol. The highest BCUT2D eigenvalue weighted by Crippen LogP contribution is 2.23. The van der Waals surface area contributed by atoms with Crippen LogP contribution >= 0.6 is 0 Å². The lowest BCUT2D eigenvalue weighted by molar-refractivity contribution is 0.168. The predicted molar refractivity (Wildman–Crippen MR) is 113 cm³/mol. The highest BCUT2D eigenvalue weighted by atomic mass is 16.2. The first kappa shape index (κ1) is 20.1. The number of para-hydroxylation sites is 1. The molecule has 3 aromatic rings. The summed E-state index contributed by atoms with van der Waals surface area (Å²) in [7, 11) is 1.67. The van der Waals surface area contributed by atoms with Crippen molar-refractivity contribution in [2.24, 2.45) is 7.05 Å². The molecule has 1 N–H and O–H groups in total. The van der Waals surface area contributed by atoms with Gasteiger partial charge < -0.3 is 10.2 Å². The zero-order chi connectivity index (χ0) is 21.1. The van der Waals surface area contributed by atoms with Gasteiger partial charge in [0.25, 0.3) is 5.56 Å². The van der Waals surface area contributed by atoms with E-state index in [-0.39, 0.29) is 17.6 Å². The number of nitriles is 1. The topological polar surface area (TPSA) is 91.0 Å². The number of fused-ring (bicyclic) bond motifs is 1. The molecule has 0 spiro atoms. The summed E-state index contributed by atoms with van der Waals surface area (Å²) in [5.41, 5.74) is 1.45. The molecule has 29 heavy (non-hydrogen) atoms. The van der Waals surface area contributed by atoms with Crippen LogP contribution in [-0.4, -0.2) is 26.5 Å². The van der Waals surface area contributed by atoms with Crippen molar-refractivity contribution in [1.82, 2.24) is 14.5 Å². The minimum absolute atomic E-state index is 0.146. The molecule has 7 nitrogen and oxygen atoms in total. The molecular formula is C22H23N5O2. The average molecular weight is 389 g/mol. The summed E-state index contributed by atoms with van der Waals surface area (Å²) in [6.07, 6.45) is 0. The smallest absolute Gasteiger partial charge is 0.312 e. The minimum atomic E-state index is -0.448. The van der Waals surface area contributed by atoms with Crippen LogP contribution in [0.4, 0.5) is 10.5 Å². The van der Waals surface area contributed by atoms with Crippen molar-refractivity contribution in [1.29, 1.82) is 5.26 Å². The molecule has 1 unspecified atom stereocenters. The van der Waals surface area contributed by atoms with E-state index >= 15 is 0 Å². The van der Waals surface area contributed by atoms with E-state index < -0.39 is 6.04 Å². The van der Waals surface area contributed by atoms with Crippen LogP contribution in [0.1, 0.15) is 38.2 Å². The Labute approximate surface area is 169 Å². The molecule has 1 aromatic heterocycles. The normalized spacial score (nSPS) is 11.9. The van der Waals surface area contributed by atoms with Crippen molar-refractivity contribution in [3.05, 3.63) is 70.3 Å². The minimum Gasteiger partial charge on any atom is -0.312 e. The summed E-state index contributed by atoms with van der Waals surface area (Å²) in [5, 5.41) is 12.4. The molecule has 2 amide bonds. The Bertz CT molecular complexity index is 1160. The van der Waals surface area contributed by atoms with Crippen molar-refractivity contribution >= 4 is 22.6 Å². The van der Waals surface area contributed by atoms with Crippen molar-refractivity contribution in [2.75, 3.05) is 5.32 Å². The van der Waals surface area contributed by atoms with Crippen LogP contribution in [0.5, 0.6) is 0 Å². The van der Waals surface area contributed by atoms with E-state index in [0.29, 0.717) is 28.0 Å². The molecule has 148 valence electrons. The van der Waals surface area contributed by atoms with Gasteiger partial charge in [0.15, 0.2) is 0 Å². The highest BCUT2D eigenvalue weighted by molar-refractivity contribution is 5.90. The van der Waals surface area contributed by atoms with E-state index in [9.17, 15) is 9.59 Å². The number of nitrogens with one attached hydrogen (secondary N) is 1. The first-order valence-electron chi connectivity index (χ1n) is 9.38. The van der Waals surface area contributed by atoms with Crippen LogP contribution in [0.3, 0.4) is 0 Å². The number of urea groups is 1. The molecule has 0 bridgehead atoms. The Morgan fingerprint density at radius 3 is 2.59 bits per heavy atom. The maximum Gasteiger partial charge on any atom is 0.322 e. The zero-order valence-corrected chi connectivity index (χ0v) is 16.9. The lowest BCUT2D eigenvalue weighted by Crippen LogP contribution is -2.43. The zero-order valence-electron chi connectivity index (χ0n) is 16.9. The molecule has 0 aliphatic heterocycles. The Morgan fingerprint density at radius 2 is 1.90 bits per heavy atom. The van der Waals surface area contributed by atoms with E-state index in [4.69, 9.17) is 5.26 Å². The maximum atomic E-state index is 13.0. The Hall–Kier alpha value is -3.66. The molecule has 3 rings (SSSR count). The van der Waals surface area contributed by atoms with Gasteiger partial charge in [0.1, 0.15) is 5.82 Å². The average Bonchev–Trinajstić information content (AvgIpc) is 2.70. The van der Waals surface area contributed by atoms with Crippen molar-refractivity contribution in [3.63, 3.8) is 0 Å². The van der Waals surface area contributed by atoms with Gasteiger partial charge in [-0.1, -0.05) is 18.2 Å². The third kappa shape index (κ3) is 3.97. The van der Waals surface area contributed by atoms with Crippen LogP contribution in [0, 0.1) is 11.3 Å². The molecule has 7 heteroatoms. The van der Waals surface area contributed by atoms with Crippen molar-refractivity contribution in [2.45, 2.75) is 32.9 Å². The lowest BCUT2D eigenvalue weighted by atomic mass is 10.1. The monoisotopic (exact) mass is 389 g/mol. The van der Waals surface area contributed by atoms with Gasteiger partial charge in [0.05, 0.1) is 28.6 Å². The second kappa shape index (κ2) is 8.15. The third-order valence-electron chi connectivity index (χ3n) is 4.84. The summed E-state index contributed by atoms with van der Waals surface area (Å²) in [6, 6.07) is 15.0. The summed E-state index contributed by atoms with van der Waals surface area (Å²) in [4.78, 5) is 32.1. The fourth-order valence-corrected chi connectivity index (χ4v) is 3.45. The number of anilines is 1. The number of carbonyl (C=O) groups is 1. The van der Waals surface area contributed by atoms with Gasteiger partial charge in [-0.25, -0.2) is 9.78 Å². The lowest BCUT2D eigenvalue weighted by Gasteiger charge is -2.33. The largest absolute Gasteiger partial charge is 0.322 e. The SMILES string of the molecule is CC(C)N(C(=O)Nc1cccc(C#N)c1)C(C)c1nc2ccccc2c(=O)n1C. The second-order valence-corrected chi connectivity index (χ2v) is 7.15. The number of hydrogen-bond acceptors (Lipinski definition) is 4. The number of amides is 2. The molecule has 1 atom stereocenters. The van der Waals surface area contributed by atoms with E-state index in [1.807, 2.05) is 26.8 Å². The van der Waals surface area contributed by atoms with E-state index in [1.165, 1.54) is 4.57 Å². The van der Waals surface area contributed by atoms with Crippen molar-refractivity contribution in [3.8, 4) is 6.07 Å². The Kier molecular flexibility index (Phi) is 5.64. The van der Waals surface area contributed by atoms with Crippen molar-refractivity contribution < 1.29 is 4.79 Å². The highest BCUT2D eigenvalue weighted by Gasteiger charge is 2.27. The molecule has 0 aliphatic carbocycles. The number of rotatable bonds is 4. The number of aromatic nitrogens is 2. The Morgan fingerprint density at radius 1 is 1.17 bits per heavy atom. The van der Waals surface area contributed by atoms with Gasteiger partial charge in [-0.2, -0.15) is 5.26 Å². The molecule has 0 aliphatic rings. The van der Waals surface area contributed by atoms with Crippen LogP contribution in [0.25, 0.3) is 10.9 Å². The van der Waals surface area contributed by atoms with Gasteiger partial charge in [-0.3, -0.25) is 9.36 Å². The van der Waals surface area contributed by atoms with Gasteiger partial charge in [0.2, 0.25) is 0 Å². The molecule has 1 heterocycles. The van der Waals surface area contributed by atoms with Crippen LogP contribution in [0.2, 0.25) is 0 Å². The quantitative estimate of drug-likeness (QED) is 0.734. The first-order chi connectivity index (χ1) is 13.8. The van der Waals surface area contributed by atoms with E-state index in [0.717, 1.165) is 0 Å². The first-order valence-corrected chi connectivity index (χ1v) is 9.38. The number of benzene rings is 2. The van der Waals surface area contributed by atoms with E-state index in [2.05, 4.69) is 16.4 Å². The summed E-state index contributed by atoms with van der Waals surface area (Å²) < 4.78 is 1.49.